The van der Waals surface area contributed by atoms with Crippen LogP contribution in [0.2, 0.25) is 0 Å². The van der Waals surface area contributed by atoms with E-state index in [1.54, 1.807) is 4.57 Å². The zero-order valence-electron chi connectivity index (χ0n) is 16.5. The van der Waals surface area contributed by atoms with Crippen molar-refractivity contribution >= 4 is 45.3 Å². The summed E-state index contributed by atoms with van der Waals surface area (Å²) in [7, 11) is 0. The van der Waals surface area contributed by atoms with Crippen molar-refractivity contribution in [2.75, 3.05) is 0 Å². The number of thioether (sulfide) groups is 1. The van der Waals surface area contributed by atoms with E-state index >= 15 is 0 Å². The molecule has 0 aliphatic rings. The van der Waals surface area contributed by atoms with Gasteiger partial charge >= 0.3 is 6.03 Å². The number of nitrogens with zero attached hydrogens (tertiary/aromatic N) is 2. The Labute approximate surface area is 166 Å². The number of amides is 3. The van der Waals surface area contributed by atoms with E-state index in [1.807, 2.05) is 41.5 Å². The van der Waals surface area contributed by atoms with E-state index in [0.29, 0.717) is 21.9 Å². The molecule has 7 nitrogen and oxygen atoms in total. The normalized spacial score (nSPS) is 12.7. The van der Waals surface area contributed by atoms with Crippen molar-refractivity contribution in [1.29, 1.82) is 0 Å². The number of carbonyl (C=O) groups excluding carboxylic acids is 2. The number of urea groups is 1. The number of imide groups is 1. The summed E-state index contributed by atoms with van der Waals surface area (Å²) >= 11 is 2.68. The third kappa shape index (κ3) is 4.70. The number of nitrogens with two attached hydrogens (primary N) is 1. The molecule has 1 atom stereocenters. The zero-order chi connectivity index (χ0) is 20.5. The van der Waals surface area contributed by atoms with Gasteiger partial charge in [0.25, 0.3) is 5.56 Å². The van der Waals surface area contributed by atoms with E-state index in [2.05, 4.69) is 5.32 Å². The highest BCUT2D eigenvalue weighted by atomic mass is 32.2. The summed E-state index contributed by atoms with van der Waals surface area (Å²) in [6, 6.07) is -0.890. The minimum atomic E-state index is -0.890. The molecule has 0 radical (unpaired) electrons. The average molecular weight is 411 g/mol. The fraction of sp³-hybridized carbons (Fsp3) is 0.556. The number of nitrogens with one attached hydrogen (secondary N) is 1. The summed E-state index contributed by atoms with van der Waals surface area (Å²) in [5.41, 5.74) is 5.95. The monoisotopic (exact) mass is 410 g/mol. The number of carbonyl (C=O) groups is 2. The second-order valence-electron chi connectivity index (χ2n) is 7.30. The molecule has 9 heteroatoms. The van der Waals surface area contributed by atoms with Crippen molar-refractivity contribution in [1.82, 2.24) is 14.9 Å². The molecule has 2 rings (SSSR count). The molecule has 0 aliphatic carbocycles. The highest BCUT2D eigenvalue weighted by Crippen LogP contribution is 2.32. The molecule has 0 saturated heterocycles. The third-order valence-electron chi connectivity index (χ3n) is 4.14. The summed E-state index contributed by atoms with van der Waals surface area (Å²) in [5.74, 6) is -0.328. The largest absolute Gasteiger partial charge is 0.351 e. The standard InChI is InChI=1S/C18H26N4O3S2/c1-8(2)7-22-16(24)12-10(5)11(6)26-15(12)21-18(22)27-13(9(3)4)14(23)20-17(19)25/h8-9,13H,7H2,1-6H3,(H3,19,20,23,25)/t13-/m1/s1. The third-order valence-corrected chi connectivity index (χ3v) is 6.78. The van der Waals surface area contributed by atoms with E-state index in [-0.39, 0.29) is 17.4 Å². The molecule has 0 saturated carbocycles. The fourth-order valence-electron chi connectivity index (χ4n) is 2.72. The first kappa shape index (κ1) is 21.4. The topological polar surface area (TPSA) is 107 Å². The SMILES string of the molecule is Cc1sc2nc(S[C@@H](C(=O)NC(N)=O)C(C)C)n(CC(C)C)c(=O)c2c1C. The van der Waals surface area contributed by atoms with Crippen LogP contribution in [0.1, 0.15) is 38.1 Å². The number of fused-ring (bicyclic) bond motifs is 1. The van der Waals surface area contributed by atoms with Gasteiger partial charge in [0.05, 0.1) is 10.6 Å². The lowest BCUT2D eigenvalue weighted by atomic mass is 10.1. The summed E-state index contributed by atoms with van der Waals surface area (Å²) in [4.78, 5) is 43.1. The first-order chi connectivity index (χ1) is 12.5. The molecule has 0 unspecified atom stereocenters. The van der Waals surface area contributed by atoms with Gasteiger partial charge in [-0.1, -0.05) is 39.5 Å². The Bertz CT molecular complexity index is 931. The van der Waals surface area contributed by atoms with Crippen LogP contribution in [0.15, 0.2) is 9.95 Å². The number of primary amides is 1. The van der Waals surface area contributed by atoms with Crippen LogP contribution in [-0.2, 0) is 11.3 Å². The van der Waals surface area contributed by atoms with Gasteiger partial charge in [0.1, 0.15) is 4.83 Å². The van der Waals surface area contributed by atoms with Crippen LogP contribution in [0.3, 0.4) is 0 Å². The number of aryl methyl sites for hydroxylation is 2. The molecule has 2 aromatic rings. The maximum absolute atomic E-state index is 13.2. The minimum Gasteiger partial charge on any atom is -0.351 e. The van der Waals surface area contributed by atoms with Crippen LogP contribution < -0.4 is 16.6 Å². The quantitative estimate of drug-likeness (QED) is 0.562. The molecule has 0 aliphatic heterocycles. The molecule has 0 aromatic carbocycles. The van der Waals surface area contributed by atoms with Gasteiger partial charge in [0.2, 0.25) is 5.91 Å². The fourth-order valence-corrected chi connectivity index (χ4v) is 4.89. The van der Waals surface area contributed by atoms with Gasteiger partial charge in [0.15, 0.2) is 5.16 Å². The van der Waals surface area contributed by atoms with Crippen molar-refractivity contribution in [3.63, 3.8) is 0 Å². The summed E-state index contributed by atoms with van der Waals surface area (Å²) in [5, 5.41) is 2.67. The lowest BCUT2D eigenvalue weighted by Crippen LogP contribution is -2.42. The predicted octanol–water partition coefficient (Wildman–Crippen LogP) is 3.04. The van der Waals surface area contributed by atoms with Crippen LogP contribution in [0.5, 0.6) is 0 Å². The lowest BCUT2D eigenvalue weighted by Gasteiger charge is -2.21. The molecule has 2 aromatic heterocycles. The minimum absolute atomic E-state index is 0.0822. The van der Waals surface area contributed by atoms with Crippen LogP contribution >= 0.6 is 23.1 Å². The second kappa shape index (κ2) is 8.43. The number of aromatic nitrogens is 2. The van der Waals surface area contributed by atoms with Crippen molar-refractivity contribution in [2.45, 2.75) is 58.5 Å². The lowest BCUT2D eigenvalue weighted by molar-refractivity contribution is -0.120. The molecule has 27 heavy (non-hydrogen) atoms. The Balaban J connectivity index is 2.59. The van der Waals surface area contributed by atoms with Crippen molar-refractivity contribution in [3.05, 3.63) is 20.8 Å². The van der Waals surface area contributed by atoms with Crippen molar-refractivity contribution in [3.8, 4) is 0 Å². The van der Waals surface area contributed by atoms with Gasteiger partial charge in [-0.25, -0.2) is 9.78 Å². The van der Waals surface area contributed by atoms with Crippen molar-refractivity contribution in [2.24, 2.45) is 17.6 Å². The van der Waals surface area contributed by atoms with Crippen molar-refractivity contribution < 1.29 is 9.59 Å². The Morgan fingerprint density at radius 2 is 1.89 bits per heavy atom. The van der Waals surface area contributed by atoms with Gasteiger partial charge in [-0.15, -0.1) is 11.3 Å². The number of hydrogen-bond acceptors (Lipinski definition) is 6. The second-order valence-corrected chi connectivity index (χ2v) is 9.62. The maximum Gasteiger partial charge on any atom is 0.318 e. The first-order valence-electron chi connectivity index (χ1n) is 8.80. The predicted molar refractivity (Wildman–Crippen MR) is 110 cm³/mol. The van der Waals surface area contributed by atoms with Gasteiger partial charge in [-0.05, 0) is 31.2 Å². The molecular weight excluding hydrogens is 384 g/mol. The Kier molecular flexibility index (Phi) is 6.69. The Morgan fingerprint density at radius 1 is 1.26 bits per heavy atom. The molecule has 148 valence electrons. The molecule has 0 bridgehead atoms. The highest BCUT2D eigenvalue weighted by Gasteiger charge is 2.28. The highest BCUT2D eigenvalue weighted by molar-refractivity contribution is 8.00. The summed E-state index contributed by atoms with van der Waals surface area (Å²) in [6.45, 7) is 12.2. The molecule has 2 heterocycles. The number of rotatable bonds is 6. The molecule has 3 N–H and O–H groups in total. The van der Waals surface area contributed by atoms with Crippen LogP contribution in [-0.4, -0.2) is 26.7 Å². The smallest absolute Gasteiger partial charge is 0.318 e. The molecule has 0 spiro atoms. The maximum atomic E-state index is 13.2. The van der Waals surface area contributed by atoms with Gasteiger partial charge in [0, 0.05) is 11.4 Å². The van der Waals surface area contributed by atoms with Gasteiger partial charge < -0.3 is 5.73 Å². The zero-order valence-corrected chi connectivity index (χ0v) is 18.1. The molecular formula is C18H26N4O3S2. The van der Waals surface area contributed by atoms with E-state index in [4.69, 9.17) is 10.7 Å². The number of thiophene rings is 1. The van der Waals surface area contributed by atoms with E-state index in [1.165, 1.54) is 23.1 Å². The van der Waals surface area contributed by atoms with Crippen LogP contribution in [0, 0.1) is 25.7 Å². The Hall–Kier alpha value is -1.87. The summed E-state index contributed by atoms with van der Waals surface area (Å²) < 4.78 is 1.64. The van der Waals surface area contributed by atoms with Crippen LogP contribution in [0.25, 0.3) is 10.2 Å². The van der Waals surface area contributed by atoms with Gasteiger partial charge in [-0.3, -0.25) is 19.5 Å². The Morgan fingerprint density at radius 3 is 2.41 bits per heavy atom. The number of hydrogen-bond donors (Lipinski definition) is 2. The molecule has 3 amide bonds. The summed E-state index contributed by atoms with van der Waals surface area (Å²) in [6.07, 6.45) is 0. The van der Waals surface area contributed by atoms with E-state index < -0.39 is 17.2 Å². The average Bonchev–Trinajstić information content (AvgIpc) is 2.81. The molecule has 0 fully saturated rings. The van der Waals surface area contributed by atoms with E-state index in [9.17, 15) is 14.4 Å². The van der Waals surface area contributed by atoms with E-state index in [0.717, 1.165) is 10.4 Å². The van der Waals surface area contributed by atoms with Crippen LogP contribution in [0.4, 0.5) is 4.79 Å². The first-order valence-corrected chi connectivity index (χ1v) is 10.5. The van der Waals surface area contributed by atoms with Gasteiger partial charge in [-0.2, -0.15) is 0 Å².